The van der Waals surface area contributed by atoms with Gasteiger partial charge in [-0.15, -0.1) is 5.92 Å². The molecule has 118 valence electrons. The Kier molecular flexibility index (Phi) is 5.12. The molecule has 3 heterocycles. The maximum Gasteiger partial charge on any atom is 0.227 e. The summed E-state index contributed by atoms with van der Waals surface area (Å²) in [5.41, 5.74) is 0. The highest BCUT2D eigenvalue weighted by Crippen LogP contribution is 2.20. The molecule has 0 unspecified atom stereocenters. The molecule has 2 aliphatic heterocycles. The highest BCUT2D eigenvalue weighted by atomic mass is 15.3. The van der Waals surface area contributed by atoms with Crippen molar-refractivity contribution in [3.8, 4) is 11.8 Å². The van der Waals surface area contributed by atoms with Crippen LogP contribution in [0.1, 0.15) is 26.2 Å². The first-order chi connectivity index (χ1) is 10.9. The van der Waals surface area contributed by atoms with E-state index >= 15 is 0 Å². The van der Waals surface area contributed by atoms with Crippen LogP contribution in [0.3, 0.4) is 0 Å². The van der Waals surface area contributed by atoms with Crippen LogP contribution in [0.5, 0.6) is 0 Å². The third kappa shape index (κ3) is 3.69. The van der Waals surface area contributed by atoms with Crippen molar-refractivity contribution in [1.82, 2.24) is 14.9 Å². The summed E-state index contributed by atoms with van der Waals surface area (Å²) < 4.78 is 0. The number of nitrogens with zero attached hydrogens (tertiary/aromatic N) is 5. The lowest BCUT2D eigenvalue weighted by Crippen LogP contribution is -2.47. The predicted octanol–water partition coefficient (Wildman–Crippen LogP) is 1.61. The molecule has 0 aliphatic carbocycles. The molecule has 0 atom stereocenters. The van der Waals surface area contributed by atoms with Gasteiger partial charge in [0.15, 0.2) is 0 Å². The van der Waals surface area contributed by atoms with Gasteiger partial charge >= 0.3 is 0 Å². The first-order valence-electron chi connectivity index (χ1n) is 8.32. The predicted molar refractivity (Wildman–Crippen MR) is 90.2 cm³/mol. The zero-order chi connectivity index (χ0) is 15.2. The van der Waals surface area contributed by atoms with Crippen LogP contribution in [0, 0.1) is 11.8 Å². The van der Waals surface area contributed by atoms with Crippen molar-refractivity contribution in [3.05, 3.63) is 12.3 Å². The first-order valence-corrected chi connectivity index (χ1v) is 8.32. The van der Waals surface area contributed by atoms with Crippen molar-refractivity contribution >= 4 is 11.8 Å². The van der Waals surface area contributed by atoms with Crippen LogP contribution in [-0.4, -0.2) is 60.7 Å². The van der Waals surface area contributed by atoms with E-state index < -0.39 is 0 Å². The molecular weight excluding hydrogens is 274 g/mol. The summed E-state index contributed by atoms with van der Waals surface area (Å²) in [6, 6.07) is 2.04. The van der Waals surface area contributed by atoms with Gasteiger partial charge in [0.05, 0.1) is 6.54 Å². The normalized spacial score (nSPS) is 19.7. The average Bonchev–Trinajstić information content (AvgIpc) is 2.61. The van der Waals surface area contributed by atoms with Crippen molar-refractivity contribution < 1.29 is 0 Å². The quantitative estimate of drug-likeness (QED) is 0.793. The van der Waals surface area contributed by atoms with Crippen LogP contribution in [0.15, 0.2) is 12.3 Å². The fourth-order valence-corrected chi connectivity index (χ4v) is 3.09. The lowest BCUT2D eigenvalue weighted by Gasteiger charge is -2.34. The summed E-state index contributed by atoms with van der Waals surface area (Å²) in [6.45, 7) is 9.05. The molecule has 0 radical (unpaired) electrons. The molecule has 2 aliphatic rings. The second-order valence-corrected chi connectivity index (χ2v) is 5.95. The third-order valence-corrected chi connectivity index (χ3v) is 4.44. The van der Waals surface area contributed by atoms with E-state index in [1.807, 2.05) is 19.2 Å². The van der Waals surface area contributed by atoms with E-state index in [2.05, 4.69) is 31.5 Å². The number of hydrogen-bond donors (Lipinski definition) is 0. The smallest absolute Gasteiger partial charge is 0.227 e. The molecule has 5 nitrogen and oxygen atoms in total. The van der Waals surface area contributed by atoms with E-state index in [1.165, 1.54) is 19.3 Å². The van der Waals surface area contributed by atoms with Crippen molar-refractivity contribution in [2.45, 2.75) is 26.2 Å². The summed E-state index contributed by atoms with van der Waals surface area (Å²) >= 11 is 0. The lowest BCUT2D eigenvalue weighted by atomic mass is 10.1. The van der Waals surface area contributed by atoms with Crippen LogP contribution >= 0.6 is 0 Å². The van der Waals surface area contributed by atoms with Gasteiger partial charge in [0.2, 0.25) is 5.95 Å². The van der Waals surface area contributed by atoms with Crippen LogP contribution in [0.2, 0.25) is 0 Å². The zero-order valence-corrected chi connectivity index (χ0v) is 13.5. The monoisotopic (exact) mass is 299 g/mol. The van der Waals surface area contributed by atoms with Gasteiger partial charge in [-0.2, -0.15) is 4.98 Å². The van der Waals surface area contributed by atoms with Gasteiger partial charge in [-0.3, -0.25) is 4.90 Å². The molecule has 2 fully saturated rings. The van der Waals surface area contributed by atoms with E-state index in [-0.39, 0.29) is 0 Å². The fraction of sp³-hybridized carbons (Fsp3) is 0.647. The third-order valence-electron chi connectivity index (χ3n) is 4.44. The van der Waals surface area contributed by atoms with Gasteiger partial charge in [0, 0.05) is 45.5 Å². The number of rotatable bonds is 3. The maximum atomic E-state index is 4.80. The van der Waals surface area contributed by atoms with E-state index in [0.29, 0.717) is 0 Å². The minimum absolute atomic E-state index is 0.874. The molecule has 22 heavy (non-hydrogen) atoms. The summed E-state index contributed by atoms with van der Waals surface area (Å²) in [5, 5.41) is 0. The Morgan fingerprint density at radius 3 is 2.50 bits per heavy atom. The van der Waals surface area contributed by atoms with Crippen molar-refractivity contribution in [2.75, 3.05) is 55.6 Å². The van der Waals surface area contributed by atoms with Crippen molar-refractivity contribution in [3.63, 3.8) is 0 Å². The molecule has 5 heteroatoms. The highest BCUT2D eigenvalue weighted by molar-refractivity contribution is 5.44. The average molecular weight is 299 g/mol. The molecule has 0 saturated carbocycles. The second kappa shape index (κ2) is 7.46. The van der Waals surface area contributed by atoms with Gasteiger partial charge in [0.25, 0.3) is 0 Å². The number of aromatic nitrogens is 2. The van der Waals surface area contributed by atoms with E-state index in [4.69, 9.17) is 4.98 Å². The number of hydrogen-bond acceptors (Lipinski definition) is 5. The molecule has 2 saturated heterocycles. The fourth-order valence-electron chi connectivity index (χ4n) is 3.09. The summed E-state index contributed by atoms with van der Waals surface area (Å²) in [5.74, 6) is 8.08. The Morgan fingerprint density at radius 1 is 1.00 bits per heavy atom. The second-order valence-electron chi connectivity index (χ2n) is 5.95. The maximum absolute atomic E-state index is 4.80. The highest BCUT2D eigenvalue weighted by Gasteiger charge is 2.19. The van der Waals surface area contributed by atoms with E-state index in [0.717, 1.165) is 57.6 Å². The number of anilines is 2. The number of piperazine rings is 1. The molecule has 3 rings (SSSR count). The van der Waals surface area contributed by atoms with Crippen LogP contribution in [-0.2, 0) is 0 Å². The Labute approximate surface area is 133 Å². The molecule has 1 aromatic rings. The van der Waals surface area contributed by atoms with Crippen LogP contribution in [0.25, 0.3) is 0 Å². The lowest BCUT2D eigenvalue weighted by molar-refractivity contribution is 0.286. The van der Waals surface area contributed by atoms with E-state index in [1.54, 1.807) is 0 Å². The molecule has 0 bridgehead atoms. The Hall–Kier alpha value is -1.80. The SMILES string of the molecule is CC#CCN1CCN(c2nccc(N3CCCCC3)n2)CC1. The summed E-state index contributed by atoms with van der Waals surface area (Å²) in [7, 11) is 0. The molecule has 0 N–H and O–H groups in total. The first kappa shape index (κ1) is 15.1. The van der Waals surface area contributed by atoms with Gasteiger partial charge < -0.3 is 9.80 Å². The molecule has 0 amide bonds. The Balaban J connectivity index is 1.61. The largest absolute Gasteiger partial charge is 0.356 e. The van der Waals surface area contributed by atoms with Crippen LogP contribution < -0.4 is 9.80 Å². The van der Waals surface area contributed by atoms with Crippen molar-refractivity contribution in [1.29, 1.82) is 0 Å². The summed E-state index contributed by atoms with van der Waals surface area (Å²) in [6.07, 6.45) is 5.80. The molecule has 0 aromatic carbocycles. The minimum atomic E-state index is 0.874. The van der Waals surface area contributed by atoms with Crippen molar-refractivity contribution in [2.24, 2.45) is 0 Å². The number of piperidine rings is 1. The zero-order valence-electron chi connectivity index (χ0n) is 13.5. The van der Waals surface area contributed by atoms with Gasteiger partial charge in [-0.1, -0.05) is 5.92 Å². The molecule has 0 spiro atoms. The topological polar surface area (TPSA) is 35.5 Å². The van der Waals surface area contributed by atoms with Crippen LogP contribution in [0.4, 0.5) is 11.8 Å². The van der Waals surface area contributed by atoms with Gasteiger partial charge in [-0.05, 0) is 32.3 Å². The molecular formula is C17H25N5. The summed E-state index contributed by atoms with van der Waals surface area (Å²) in [4.78, 5) is 16.4. The molecule has 1 aromatic heterocycles. The van der Waals surface area contributed by atoms with Gasteiger partial charge in [-0.25, -0.2) is 4.98 Å². The van der Waals surface area contributed by atoms with E-state index in [9.17, 15) is 0 Å². The van der Waals surface area contributed by atoms with Gasteiger partial charge in [0.1, 0.15) is 5.82 Å². The minimum Gasteiger partial charge on any atom is -0.356 e. The standard InChI is InChI=1S/C17H25N5/c1-2-3-9-20-12-14-22(15-13-20)17-18-8-7-16(19-17)21-10-5-4-6-11-21/h7-8H,4-6,9-15H2,1H3. The Bertz CT molecular complexity index is 533. The Morgan fingerprint density at radius 2 is 1.77 bits per heavy atom.